The highest BCUT2D eigenvalue weighted by Gasteiger charge is 2.21. The first kappa shape index (κ1) is 19.5. The number of hydrogen-bond acceptors (Lipinski definition) is 4. The van der Waals surface area contributed by atoms with E-state index < -0.39 is 0 Å². The molecule has 1 aromatic heterocycles. The van der Waals surface area contributed by atoms with Crippen LogP contribution >= 0.6 is 0 Å². The number of hydrogen-bond donors (Lipinski definition) is 1. The van der Waals surface area contributed by atoms with E-state index in [0.29, 0.717) is 5.92 Å². The van der Waals surface area contributed by atoms with Crippen LogP contribution in [0.15, 0.2) is 48.7 Å². The van der Waals surface area contributed by atoms with Crippen LogP contribution in [-0.4, -0.2) is 63.4 Å². The fourth-order valence-corrected chi connectivity index (χ4v) is 4.86. The zero-order valence-corrected chi connectivity index (χ0v) is 18.1. The zero-order chi connectivity index (χ0) is 20.5. The van der Waals surface area contributed by atoms with Crippen molar-refractivity contribution in [1.82, 2.24) is 9.88 Å². The number of anilines is 3. The van der Waals surface area contributed by atoms with Crippen molar-refractivity contribution in [1.29, 1.82) is 0 Å². The van der Waals surface area contributed by atoms with Crippen molar-refractivity contribution in [3.05, 3.63) is 54.2 Å². The van der Waals surface area contributed by atoms with Gasteiger partial charge in [0.25, 0.3) is 0 Å². The van der Waals surface area contributed by atoms with E-state index in [1.54, 1.807) is 0 Å². The summed E-state index contributed by atoms with van der Waals surface area (Å²) in [6, 6.07) is 15.7. The molecule has 0 saturated carbocycles. The van der Waals surface area contributed by atoms with Gasteiger partial charge in [-0.15, -0.1) is 0 Å². The highest BCUT2D eigenvalue weighted by atomic mass is 16.5. The standard InChI is InChI=1S/C25H32N4O/c1-27-11-9-19(10-12-27)24-18-26-25-17-22(7-8-23(24)25)28(2)20-3-5-21(6-4-20)29-13-15-30-16-14-29/h3-8,17-19,26H,9-16H2,1-2H3. The first-order chi connectivity index (χ1) is 14.7. The van der Waals surface area contributed by atoms with Gasteiger partial charge >= 0.3 is 0 Å². The normalized spacial score (nSPS) is 18.8. The Morgan fingerprint density at radius 1 is 0.933 bits per heavy atom. The molecule has 0 spiro atoms. The van der Waals surface area contributed by atoms with E-state index in [1.165, 1.54) is 59.5 Å². The van der Waals surface area contributed by atoms with Crippen LogP contribution in [0.4, 0.5) is 17.1 Å². The number of fused-ring (bicyclic) bond motifs is 1. The molecule has 5 nitrogen and oxygen atoms in total. The monoisotopic (exact) mass is 404 g/mol. The highest BCUT2D eigenvalue weighted by Crippen LogP contribution is 2.35. The Morgan fingerprint density at radius 2 is 1.63 bits per heavy atom. The maximum atomic E-state index is 5.47. The van der Waals surface area contributed by atoms with E-state index in [9.17, 15) is 0 Å². The van der Waals surface area contributed by atoms with E-state index in [-0.39, 0.29) is 0 Å². The van der Waals surface area contributed by atoms with Crippen molar-refractivity contribution in [2.45, 2.75) is 18.8 Å². The van der Waals surface area contributed by atoms with Crippen LogP contribution in [-0.2, 0) is 4.74 Å². The minimum atomic E-state index is 0.672. The number of morpholine rings is 1. The summed E-state index contributed by atoms with van der Waals surface area (Å²) in [5.41, 5.74) is 6.41. The van der Waals surface area contributed by atoms with Crippen LogP contribution in [0.2, 0.25) is 0 Å². The average molecular weight is 405 g/mol. The Morgan fingerprint density at radius 3 is 2.37 bits per heavy atom. The number of benzene rings is 2. The number of piperidine rings is 1. The lowest BCUT2D eigenvalue weighted by Gasteiger charge is -2.29. The second-order valence-electron chi connectivity index (χ2n) is 8.73. The van der Waals surface area contributed by atoms with E-state index in [0.717, 1.165) is 26.3 Å². The van der Waals surface area contributed by atoms with Gasteiger partial charge in [0.2, 0.25) is 0 Å². The van der Waals surface area contributed by atoms with E-state index >= 15 is 0 Å². The summed E-state index contributed by atoms with van der Waals surface area (Å²) < 4.78 is 5.47. The van der Waals surface area contributed by atoms with Crippen molar-refractivity contribution in [2.75, 3.05) is 63.3 Å². The molecule has 0 unspecified atom stereocenters. The number of nitrogens with zero attached hydrogens (tertiary/aromatic N) is 3. The SMILES string of the molecule is CN1CCC(c2c[nH]c3cc(N(C)c4ccc(N5CCOCC5)cc4)ccc23)CC1. The number of ether oxygens (including phenoxy) is 1. The third kappa shape index (κ3) is 3.80. The molecule has 2 fully saturated rings. The molecular weight excluding hydrogens is 372 g/mol. The molecule has 2 aromatic carbocycles. The number of aromatic amines is 1. The maximum absolute atomic E-state index is 5.47. The predicted molar refractivity (Wildman–Crippen MR) is 125 cm³/mol. The van der Waals surface area contributed by atoms with Gasteiger partial charge in [0.1, 0.15) is 0 Å². The van der Waals surface area contributed by atoms with Crippen molar-refractivity contribution >= 4 is 28.0 Å². The Bertz CT molecular complexity index is 982. The Labute approximate surface area is 179 Å². The summed E-state index contributed by atoms with van der Waals surface area (Å²) in [7, 11) is 4.37. The van der Waals surface area contributed by atoms with Crippen molar-refractivity contribution in [3.8, 4) is 0 Å². The summed E-state index contributed by atoms with van der Waals surface area (Å²) in [5, 5.41) is 1.38. The predicted octanol–water partition coefficient (Wildman–Crippen LogP) is 4.58. The minimum Gasteiger partial charge on any atom is -0.378 e. The fourth-order valence-electron chi connectivity index (χ4n) is 4.86. The summed E-state index contributed by atoms with van der Waals surface area (Å²) in [4.78, 5) is 10.6. The van der Waals surface area contributed by atoms with Crippen LogP contribution in [0, 0.1) is 0 Å². The number of likely N-dealkylation sites (tertiary alicyclic amines) is 1. The van der Waals surface area contributed by atoms with Gasteiger partial charge in [0.05, 0.1) is 13.2 Å². The largest absolute Gasteiger partial charge is 0.378 e. The molecule has 2 aliphatic heterocycles. The Hall–Kier alpha value is -2.50. The summed E-state index contributed by atoms with van der Waals surface area (Å²) >= 11 is 0. The third-order valence-corrected chi connectivity index (χ3v) is 6.86. The van der Waals surface area contributed by atoms with Crippen LogP contribution in [0.3, 0.4) is 0 Å². The quantitative estimate of drug-likeness (QED) is 0.690. The topological polar surface area (TPSA) is 34.7 Å². The van der Waals surface area contributed by atoms with Gasteiger partial charge in [-0.2, -0.15) is 0 Å². The van der Waals surface area contributed by atoms with Crippen LogP contribution < -0.4 is 9.80 Å². The Kier molecular flexibility index (Phi) is 5.40. The second-order valence-corrected chi connectivity index (χ2v) is 8.73. The van der Waals surface area contributed by atoms with Crippen LogP contribution in [0.5, 0.6) is 0 Å². The van der Waals surface area contributed by atoms with E-state index in [4.69, 9.17) is 4.74 Å². The molecule has 158 valence electrons. The second kappa shape index (κ2) is 8.32. The molecular formula is C25H32N4O. The molecule has 0 radical (unpaired) electrons. The van der Waals surface area contributed by atoms with Gasteiger partial charge < -0.3 is 24.4 Å². The lowest BCUT2D eigenvalue weighted by atomic mass is 9.89. The number of rotatable bonds is 4. The van der Waals surface area contributed by atoms with Crippen LogP contribution in [0.25, 0.3) is 10.9 Å². The molecule has 3 aromatic rings. The third-order valence-electron chi connectivity index (χ3n) is 6.86. The highest BCUT2D eigenvalue weighted by molar-refractivity contribution is 5.87. The zero-order valence-electron chi connectivity index (χ0n) is 18.1. The molecule has 0 bridgehead atoms. The number of aromatic nitrogens is 1. The van der Waals surface area contributed by atoms with Gasteiger partial charge in [-0.1, -0.05) is 6.07 Å². The molecule has 3 heterocycles. The fraction of sp³-hybridized carbons (Fsp3) is 0.440. The number of nitrogens with one attached hydrogen (secondary N) is 1. The van der Waals surface area contributed by atoms with Crippen molar-refractivity contribution < 1.29 is 4.74 Å². The van der Waals surface area contributed by atoms with Crippen molar-refractivity contribution in [2.24, 2.45) is 0 Å². The first-order valence-electron chi connectivity index (χ1n) is 11.1. The average Bonchev–Trinajstić information content (AvgIpc) is 3.23. The van der Waals surface area contributed by atoms with Gasteiger partial charge in [-0.05, 0) is 80.9 Å². The minimum absolute atomic E-state index is 0.672. The van der Waals surface area contributed by atoms with Gasteiger partial charge in [0, 0.05) is 54.3 Å². The first-order valence-corrected chi connectivity index (χ1v) is 11.1. The van der Waals surface area contributed by atoms with Gasteiger partial charge in [0.15, 0.2) is 0 Å². The molecule has 30 heavy (non-hydrogen) atoms. The molecule has 1 N–H and O–H groups in total. The maximum Gasteiger partial charge on any atom is 0.0642 e. The molecule has 0 amide bonds. The molecule has 5 heteroatoms. The summed E-state index contributed by atoms with van der Waals surface area (Å²) in [6.07, 6.45) is 4.74. The summed E-state index contributed by atoms with van der Waals surface area (Å²) in [6.45, 7) is 5.96. The molecule has 0 atom stereocenters. The van der Waals surface area contributed by atoms with E-state index in [2.05, 4.69) is 82.4 Å². The summed E-state index contributed by atoms with van der Waals surface area (Å²) in [5.74, 6) is 0.672. The Balaban J connectivity index is 1.34. The molecule has 2 aliphatic rings. The molecule has 5 rings (SSSR count). The smallest absolute Gasteiger partial charge is 0.0642 e. The van der Waals surface area contributed by atoms with Crippen molar-refractivity contribution in [3.63, 3.8) is 0 Å². The molecule has 0 aliphatic carbocycles. The number of H-pyrrole nitrogens is 1. The lowest BCUT2D eigenvalue weighted by molar-refractivity contribution is 0.122. The van der Waals surface area contributed by atoms with E-state index in [1.807, 2.05) is 0 Å². The van der Waals surface area contributed by atoms with Gasteiger partial charge in [-0.3, -0.25) is 0 Å². The van der Waals surface area contributed by atoms with Gasteiger partial charge in [-0.25, -0.2) is 0 Å². The lowest BCUT2D eigenvalue weighted by Crippen LogP contribution is -2.36. The van der Waals surface area contributed by atoms with Crippen LogP contribution in [0.1, 0.15) is 24.3 Å². The molecule has 2 saturated heterocycles.